The molecule has 18 heavy (non-hydrogen) atoms. The van der Waals surface area contributed by atoms with Crippen molar-refractivity contribution in [2.75, 3.05) is 0 Å². The van der Waals surface area contributed by atoms with Crippen LogP contribution in [0.5, 0.6) is 0 Å². The Morgan fingerprint density at radius 2 is 2.00 bits per heavy atom. The average Bonchev–Trinajstić information content (AvgIpc) is 2.76. The van der Waals surface area contributed by atoms with Gasteiger partial charge in [0.1, 0.15) is 5.69 Å². The highest BCUT2D eigenvalue weighted by Crippen LogP contribution is 2.17. The smallest absolute Gasteiger partial charge is 0.112 e. The van der Waals surface area contributed by atoms with Gasteiger partial charge in [0.25, 0.3) is 0 Å². The van der Waals surface area contributed by atoms with Crippen molar-refractivity contribution in [3.05, 3.63) is 40.7 Å². The summed E-state index contributed by atoms with van der Waals surface area (Å²) in [4.78, 5) is 0. The first-order chi connectivity index (χ1) is 8.67. The maximum atomic E-state index is 9.29. The number of nitrogens with zero attached hydrogens (tertiary/aromatic N) is 3. The number of rotatable bonds is 4. The van der Waals surface area contributed by atoms with Crippen LogP contribution < -0.4 is 0 Å². The highest BCUT2D eigenvalue weighted by Gasteiger charge is 2.12. The fourth-order valence-electron chi connectivity index (χ4n) is 2.01. The second-order valence-electron chi connectivity index (χ2n) is 4.57. The summed E-state index contributed by atoms with van der Waals surface area (Å²) in [6.45, 7) is 6.23. The molecule has 0 atom stereocenters. The molecule has 4 heteroatoms. The molecule has 1 aromatic carbocycles. The third-order valence-corrected chi connectivity index (χ3v) is 3.22. The Labute approximate surface area is 107 Å². The van der Waals surface area contributed by atoms with Crippen LogP contribution in [0.2, 0.25) is 0 Å². The maximum absolute atomic E-state index is 9.29. The highest BCUT2D eigenvalue weighted by molar-refractivity contribution is 5.40. The Hall–Kier alpha value is -1.68. The van der Waals surface area contributed by atoms with Crippen molar-refractivity contribution < 1.29 is 5.11 Å². The van der Waals surface area contributed by atoms with Crippen LogP contribution in [0.25, 0.3) is 5.69 Å². The molecule has 1 N–H and O–H groups in total. The molecular weight excluding hydrogens is 226 g/mol. The van der Waals surface area contributed by atoms with Gasteiger partial charge in [0.2, 0.25) is 0 Å². The quantitative estimate of drug-likeness (QED) is 0.899. The molecule has 0 unspecified atom stereocenters. The van der Waals surface area contributed by atoms with E-state index in [0.29, 0.717) is 5.69 Å². The predicted molar refractivity (Wildman–Crippen MR) is 70.8 cm³/mol. The van der Waals surface area contributed by atoms with E-state index in [9.17, 15) is 5.11 Å². The van der Waals surface area contributed by atoms with E-state index < -0.39 is 0 Å². The predicted octanol–water partition coefficient (Wildman–Crippen LogP) is 2.33. The molecule has 0 radical (unpaired) electrons. The van der Waals surface area contributed by atoms with Crippen molar-refractivity contribution in [1.82, 2.24) is 15.0 Å². The molecule has 1 heterocycles. The molecule has 0 aliphatic heterocycles. The van der Waals surface area contributed by atoms with E-state index in [1.807, 2.05) is 10.7 Å². The summed E-state index contributed by atoms with van der Waals surface area (Å²) < 4.78 is 1.83. The van der Waals surface area contributed by atoms with E-state index in [1.54, 1.807) is 0 Å². The Morgan fingerprint density at radius 3 is 2.61 bits per heavy atom. The van der Waals surface area contributed by atoms with Crippen LogP contribution >= 0.6 is 0 Å². The minimum atomic E-state index is -0.0554. The van der Waals surface area contributed by atoms with Gasteiger partial charge >= 0.3 is 0 Å². The number of aliphatic hydroxyl groups excluding tert-OH is 1. The molecule has 2 aromatic rings. The summed E-state index contributed by atoms with van der Waals surface area (Å²) in [5.41, 5.74) is 5.18. The maximum Gasteiger partial charge on any atom is 0.112 e. The van der Waals surface area contributed by atoms with E-state index in [4.69, 9.17) is 0 Å². The minimum absolute atomic E-state index is 0.0554. The zero-order valence-corrected chi connectivity index (χ0v) is 11.1. The Bertz CT molecular complexity index is 546. The molecular formula is C14H19N3O. The van der Waals surface area contributed by atoms with Gasteiger partial charge in [0, 0.05) is 0 Å². The molecule has 4 nitrogen and oxygen atoms in total. The number of aliphatic hydroxyl groups is 1. The topological polar surface area (TPSA) is 50.9 Å². The van der Waals surface area contributed by atoms with Crippen molar-refractivity contribution in [1.29, 1.82) is 0 Å². The molecule has 0 aliphatic rings. The first-order valence-electron chi connectivity index (χ1n) is 6.29. The van der Waals surface area contributed by atoms with Gasteiger partial charge in [-0.2, -0.15) is 0 Å². The van der Waals surface area contributed by atoms with Gasteiger partial charge in [0.05, 0.1) is 18.0 Å². The number of aromatic nitrogens is 3. The van der Waals surface area contributed by atoms with Crippen LogP contribution in [0.3, 0.4) is 0 Å². The molecule has 0 bridgehead atoms. The molecule has 0 spiro atoms. The first kappa shape index (κ1) is 12.8. The Balaban J connectivity index is 2.49. The summed E-state index contributed by atoms with van der Waals surface area (Å²) in [7, 11) is 0. The van der Waals surface area contributed by atoms with E-state index in [1.165, 1.54) is 11.1 Å². The fourth-order valence-corrected chi connectivity index (χ4v) is 2.01. The summed E-state index contributed by atoms with van der Waals surface area (Å²) >= 11 is 0. The van der Waals surface area contributed by atoms with Crippen LogP contribution in [0.1, 0.15) is 35.9 Å². The highest BCUT2D eigenvalue weighted by atomic mass is 16.3. The largest absolute Gasteiger partial charge is 0.390 e. The van der Waals surface area contributed by atoms with Gasteiger partial charge in [-0.15, -0.1) is 5.10 Å². The normalized spacial score (nSPS) is 10.9. The van der Waals surface area contributed by atoms with Gasteiger partial charge < -0.3 is 5.11 Å². The van der Waals surface area contributed by atoms with Crippen LogP contribution in [-0.2, 0) is 13.0 Å². The molecule has 0 fully saturated rings. The van der Waals surface area contributed by atoms with Crippen LogP contribution in [0.15, 0.2) is 18.2 Å². The van der Waals surface area contributed by atoms with Gasteiger partial charge in [0.15, 0.2) is 0 Å². The molecule has 96 valence electrons. The molecule has 0 saturated heterocycles. The summed E-state index contributed by atoms with van der Waals surface area (Å²) in [5, 5.41) is 17.5. The minimum Gasteiger partial charge on any atom is -0.390 e. The van der Waals surface area contributed by atoms with Crippen LogP contribution in [0, 0.1) is 13.8 Å². The average molecular weight is 245 g/mol. The van der Waals surface area contributed by atoms with E-state index in [0.717, 1.165) is 24.2 Å². The van der Waals surface area contributed by atoms with Crippen LogP contribution in [0.4, 0.5) is 0 Å². The lowest BCUT2D eigenvalue weighted by atomic mass is 10.1. The Morgan fingerprint density at radius 1 is 1.22 bits per heavy atom. The van der Waals surface area contributed by atoms with Crippen molar-refractivity contribution in [2.24, 2.45) is 0 Å². The molecule has 0 amide bonds. The third-order valence-electron chi connectivity index (χ3n) is 3.22. The van der Waals surface area contributed by atoms with E-state index in [-0.39, 0.29) is 6.61 Å². The lowest BCUT2D eigenvalue weighted by molar-refractivity contribution is 0.275. The van der Waals surface area contributed by atoms with Crippen LogP contribution in [-0.4, -0.2) is 20.1 Å². The second-order valence-corrected chi connectivity index (χ2v) is 4.57. The Kier molecular flexibility index (Phi) is 3.77. The third kappa shape index (κ3) is 2.29. The van der Waals surface area contributed by atoms with Gasteiger partial charge in [-0.05, 0) is 43.5 Å². The summed E-state index contributed by atoms with van der Waals surface area (Å²) in [5.74, 6) is 0. The summed E-state index contributed by atoms with van der Waals surface area (Å²) in [6, 6.07) is 6.22. The standard InChI is InChI=1S/C14H19N3O/c1-4-5-14-13(9-18)15-16-17(14)12-7-6-10(2)11(3)8-12/h6-8,18H,4-5,9H2,1-3H3. The van der Waals surface area contributed by atoms with Gasteiger partial charge in [-0.1, -0.05) is 24.6 Å². The number of hydrogen-bond acceptors (Lipinski definition) is 3. The number of aryl methyl sites for hydroxylation is 2. The lowest BCUT2D eigenvalue weighted by Crippen LogP contribution is -2.04. The molecule has 0 saturated carbocycles. The number of benzene rings is 1. The van der Waals surface area contributed by atoms with E-state index in [2.05, 4.69) is 43.2 Å². The fraction of sp³-hybridized carbons (Fsp3) is 0.429. The SMILES string of the molecule is CCCc1c(CO)nnn1-c1ccc(C)c(C)c1. The van der Waals surface area contributed by atoms with Crippen molar-refractivity contribution in [3.63, 3.8) is 0 Å². The van der Waals surface area contributed by atoms with E-state index >= 15 is 0 Å². The number of hydrogen-bond donors (Lipinski definition) is 1. The molecule has 0 aliphatic carbocycles. The zero-order chi connectivity index (χ0) is 13.1. The van der Waals surface area contributed by atoms with Gasteiger partial charge in [-0.3, -0.25) is 0 Å². The van der Waals surface area contributed by atoms with Crippen molar-refractivity contribution >= 4 is 0 Å². The summed E-state index contributed by atoms with van der Waals surface area (Å²) in [6.07, 6.45) is 1.88. The lowest BCUT2D eigenvalue weighted by Gasteiger charge is -2.08. The van der Waals surface area contributed by atoms with Crippen molar-refractivity contribution in [2.45, 2.75) is 40.2 Å². The second kappa shape index (κ2) is 5.31. The molecule has 1 aromatic heterocycles. The first-order valence-corrected chi connectivity index (χ1v) is 6.29. The zero-order valence-electron chi connectivity index (χ0n) is 11.1. The van der Waals surface area contributed by atoms with Crippen molar-refractivity contribution in [3.8, 4) is 5.69 Å². The molecule has 2 rings (SSSR count). The monoisotopic (exact) mass is 245 g/mol. The van der Waals surface area contributed by atoms with Gasteiger partial charge in [-0.25, -0.2) is 4.68 Å².